The quantitative estimate of drug-likeness (QED) is 0.632. The number of para-hydroxylation sites is 2. The molecule has 4 rings (SSSR count). The van der Waals surface area contributed by atoms with Crippen molar-refractivity contribution in [2.24, 2.45) is 0 Å². The molecule has 0 radical (unpaired) electrons. The van der Waals surface area contributed by atoms with Gasteiger partial charge in [-0.2, -0.15) is 0 Å². The maximum absolute atomic E-state index is 12.4. The third kappa shape index (κ3) is 4.78. The number of ether oxygens (including phenoxy) is 1. The van der Waals surface area contributed by atoms with Crippen LogP contribution in [0.3, 0.4) is 0 Å². The van der Waals surface area contributed by atoms with Crippen LogP contribution in [0.1, 0.15) is 6.42 Å². The van der Waals surface area contributed by atoms with Crippen LogP contribution in [0.15, 0.2) is 83.8 Å². The lowest BCUT2D eigenvalue weighted by Gasteiger charge is -2.28. The fourth-order valence-corrected chi connectivity index (χ4v) is 4.00. The first-order chi connectivity index (χ1) is 14.2. The van der Waals surface area contributed by atoms with E-state index in [1.165, 1.54) is 11.8 Å². The van der Waals surface area contributed by atoms with Crippen molar-refractivity contribution in [1.82, 2.24) is 0 Å². The largest absolute Gasteiger partial charge is 0.457 e. The monoisotopic (exact) mass is 404 g/mol. The molecule has 146 valence electrons. The Kier molecular flexibility index (Phi) is 5.81. The molecule has 0 spiro atoms. The Morgan fingerprint density at radius 3 is 2.41 bits per heavy atom. The third-order valence-electron chi connectivity index (χ3n) is 4.49. The smallest absolute Gasteiger partial charge is 0.237 e. The summed E-state index contributed by atoms with van der Waals surface area (Å²) in [5, 5.41) is 2.87. The summed E-state index contributed by atoms with van der Waals surface area (Å²) >= 11 is 1.54. The van der Waals surface area contributed by atoms with Gasteiger partial charge in [0.1, 0.15) is 11.5 Å². The van der Waals surface area contributed by atoms with Gasteiger partial charge >= 0.3 is 0 Å². The maximum Gasteiger partial charge on any atom is 0.237 e. The van der Waals surface area contributed by atoms with E-state index in [0.29, 0.717) is 23.7 Å². The van der Waals surface area contributed by atoms with Gasteiger partial charge in [0, 0.05) is 23.5 Å². The molecule has 0 fully saturated rings. The average Bonchev–Trinajstić information content (AvgIpc) is 2.75. The van der Waals surface area contributed by atoms with Crippen LogP contribution in [0.5, 0.6) is 11.5 Å². The SMILES string of the molecule is O=C(CCN1C(=O)CSc2ccccc21)Nc1ccc(Oc2ccccc2)cc1. The van der Waals surface area contributed by atoms with E-state index in [0.717, 1.165) is 16.3 Å². The van der Waals surface area contributed by atoms with Crippen molar-refractivity contribution >= 4 is 35.0 Å². The molecule has 0 saturated heterocycles. The number of thioether (sulfide) groups is 1. The number of hydrogen-bond donors (Lipinski definition) is 1. The normalized spacial score (nSPS) is 13.0. The zero-order valence-corrected chi connectivity index (χ0v) is 16.5. The molecule has 0 atom stereocenters. The molecule has 3 aromatic carbocycles. The van der Waals surface area contributed by atoms with Crippen LogP contribution < -0.4 is 15.0 Å². The first-order valence-corrected chi connectivity index (χ1v) is 10.3. The van der Waals surface area contributed by atoms with E-state index in [9.17, 15) is 9.59 Å². The van der Waals surface area contributed by atoms with Gasteiger partial charge in [-0.25, -0.2) is 0 Å². The Morgan fingerprint density at radius 2 is 1.62 bits per heavy atom. The minimum atomic E-state index is -0.134. The summed E-state index contributed by atoms with van der Waals surface area (Å²) in [5.74, 6) is 1.76. The lowest BCUT2D eigenvalue weighted by molar-refractivity contribution is -0.117. The van der Waals surface area contributed by atoms with Crippen molar-refractivity contribution < 1.29 is 14.3 Å². The van der Waals surface area contributed by atoms with Crippen molar-refractivity contribution in [3.8, 4) is 11.5 Å². The molecule has 29 heavy (non-hydrogen) atoms. The van der Waals surface area contributed by atoms with Crippen LogP contribution in [0, 0.1) is 0 Å². The number of carbonyl (C=O) groups is 2. The summed E-state index contributed by atoms with van der Waals surface area (Å²) in [7, 11) is 0. The number of nitrogens with zero attached hydrogens (tertiary/aromatic N) is 1. The summed E-state index contributed by atoms with van der Waals surface area (Å²) in [5.41, 5.74) is 1.57. The molecular formula is C23H20N2O3S. The molecule has 3 aromatic rings. The second-order valence-electron chi connectivity index (χ2n) is 6.54. The van der Waals surface area contributed by atoms with E-state index < -0.39 is 0 Å². The Labute approximate surface area is 173 Å². The number of fused-ring (bicyclic) bond motifs is 1. The Morgan fingerprint density at radius 1 is 0.931 bits per heavy atom. The first kappa shape index (κ1) is 19.1. The van der Waals surface area contributed by atoms with Crippen molar-refractivity contribution in [3.63, 3.8) is 0 Å². The van der Waals surface area contributed by atoms with Gasteiger partial charge in [-0.1, -0.05) is 30.3 Å². The summed E-state index contributed by atoms with van der Waals surface area (Å²) in [4.78, 5) is 27.4. The van der Waals surface area contributed by atoms with Gasteiger partial charge in [-0.05, 0) is 48.5 Å². The number of anilines is 2. The summed E-state index contributed by atoms with van der Waals surface area (Å²) in [6.45, 7) is 0.359. The molecule has 1 heterocycles. The Balaban J connectivity index is 1.33. The second kappa shape index (κ2) is 8.84. The minimum Gasteiger partial charge on any atom is -0.457 e. The van der Waals surface area contributed by atoms with Gasteiger partial charge < -0.3 is 15.0 Å². The summed E-state index contributed by atoms with van der Waals surface area (Å²) in [6.07, 6.45) is 0.229. The van der Waals surface area contributed by atoms with Crippen LogP contribution in [-0.4, -0.2) is 24.1 Å². The number of benzene rings is 3. The zero-order chi connectivity index (χ0) is 20.1. The molecule has 1 aliphatic rings. The van der Waals surface area contributed by atoms with Crippen molar-refractivity contribution in [3.05, 3.63) is 78.9 Å². The van der Waals surface area contributed by atoms with E-state index in [1.807, 2.05) is 66.7 Å². The highest BCUT2D eigenvalue weighted by Crippen LogP contribution is 2.34. The molecule has 0 aromatic heterocycles. The second-order valence-corrected chi connectivity index (χ2v) is 7.56. The molecule has 6 heteroatoms. The highest BCUT2D eigenvalue weighted by atomic mass is 32.2. The fourth-order valence-electron chi connectivity index (χ4n) is 3.07. The van der Waals surface area contributed by atoms with E-state index in [-0.39, 0.29) is 18.2 Å². The summed E-state index contributed by atoms with van der Waals surface area (Å²) in [6, 6.07) is 24.5. The Bertz CT molecular complexity index is 1010. The van der Waals surface area contributed by atoms with E-state index >= 15 is 0 Å². The molecule has 5 nitrogen and oxygen atoms in total. The number of carbonyl (C=O) groups excluding carboxylic acids is 2. The van der Waals surface area contributed by atoms with Crippen molar-refractivity contribution in [2.75, 3.05) is 22.5 Å². The molecule has 0 aliphatic carbocycles. The average molecular weight is 404 g/mol. The minimum absolute atomic E-state index is 0.0314. The van der Waals surface area contributed by atoms with Gasteiger partial charge in [0.2, 0.25) is 11.8 Å². The molecule has 1 aliphatic heterocycles. The van der Waals surface area contributed by atoms with E-state index in [4.69, 9.17) is 4.74 Å². The highest BCUT2D eigenvalue weighted by molar-refractivity contribution is 8.00. The fraction of sp³-hybridized carbons (Fsp3) is 0.130. The maximum atomic E-state index is 12.4. The van der Waals surface area contributed by atoms with Crippen LogP contribution in [0.4, 0.5) is 11.4 Å². The molecule has 2 amide bonds. The van der Waals surface area contributed by atoms with Gasteiger partial charge in [-0.3, -0.25) is 9.59 Å². The molecule has 1 N–H and O–H groups in total. The lowest BCUT2D eigenvalue weighted by atomic mass is 10.2. The Hall–Kier alpha value is -3.25. The van der Waals surface area contributed by atoms with Crippen molar-refractivity contribution in [2.45, 2.75) is 11.3 Å². The zero-order valence-electron chi connectivity index (χ0n) is 15.7. The van der Waals surface area contributed by atoms with Crippen LogP contribution >= 0.6 is 11.8 Å². The van der Waals surface area contributed by atoms with E-state index in [2.05, 4.69) is 5.32 Å². The van der Waals surface area contributed by atoms with Crippen LogP contribution in [-0.2, 0) is 9.59 Å². The standard InChI is InChI=1S/C23H20N2O3S/c26-22(14-15-25-20-8-4-5-9-21(20)29-16-23(25)27)24-17-10-12-19(13-11-17)28-18-6-2-1-3-7-18/h1-13H,14-16H2,(H,24,26). The topological polar surface area (TPSA) is 58.6 Å². The molecule has 0 unspecified atom stereocenters. The highest BCUT2D eigenvalue weighted by Gasteiger charge is 2.24. The van der Waals surface area contributed by atoms with E-state index in [1.54, 1.807) is 17.0 Å². The van der Waals surface area contributed by atoms with Gasteiger partial charge in [0.25, 0.3) is 0 Å². The molecular weight excluding hydrogens is 384 g/mol. The van der Waals surface area contributed by atoms with Gasteiger partial charge in [0.15, 0.2) is 0 Å². The predicted molar refractivity (Wildman–Crippen MR) is 116 cm³/mol. The van der Waals surface area contributed by atoms with Crippen molar-refractivity contribution in [1.29, 1.82) is 0 Å². The van der Waals surface area contributed by atoms with Gasteiger partial charge in [-0.15, -0.1) is 11.8 Å². The number of hydrogen-bond acceptors (Lipinski definition) is 4. The first-order valence-electron chi connectivity index (χ1n) is 9.34. The number of rotatable bonds is 6. The molecule has 0 bridgehead atoms. The lowest BCUT2D eigenvalue weighted by Crippen LogP contribution is -2.37. The van der Waals surface area contributed by atoms with Crippen LogP contribution in [0.25, 0.3) is 0 Å². The molecule has 0 saturated carbocycles. The van der Waals surface area contributed by atoms with Gasteiger partial charge in [0.05, 0.1) is 11.4 Å². The van der Waals surface area contributed by atoms with Crippen LogP contribution in [0.2, 0.25) is 0 Å². The third-order valence-corrected chi connectivity index (χ3v) is 5.54. The number of amides is 2. The summed E-state index contributed by atoms with van der Waals surface area (Å²) < 4.78 is 5.75. The number of nitrogens with one attached hydrogen (secondary N) is 1. The predicted octanol–water partition coefficient (Wildman–Crippen LogP) is 4.95.